The van der Waals surface area contributed by atoms with E-state index in [9.17, 15) is 9.90 Å². The summed E-state index contributed by atoms with van der Waals surface area (Å²) >= 11 is 7.07. The van der Waals surface area contributed by atoms with E-state index in [1.165, 1.54) is 6.08 Å². The molecule has 0 radical (unpaired) electrons. The van der Waals surface area contributed by atoms with Gasteiger partial charge in [0.15, 0.2) is 5.82 Å². The summed E-state index contributed by atoms with van der Waals surface area (Å²) < 4.78 is 16.5. The van der Waals surface area contributed by atoms with Gasteiger partial charge in [-0.05, 0) is 65.9 Å². The zero-order valence-electron chi connectivity index (χ0n) is 20.3. The van der Waals surface area contributed by atoms with E-state index in [0.29, 0.717) is 44.8 Å². The van der Waals surface area contributed by atoms with E-state index >= 15 is 0 Å². The van der Waals surface area contributed by atoms with Gasteiger partial charge < -0.3 is 19.3 Å². The summed E-state index contributed by atoms with van der Waals surface area (Å²) in [6.45, 7) is 0.220. The van der Waals surface area contributed by atoms with Gasteiger partial charge in [-0.25, -0.2) is 9.78 Å². The normalized spacial score (nSPS) is 11.1. The van der Waals surface area contributed by atoms with E-state index in [4.69, 9.17) is 31.1 Å². The number of aromatic amines is 1. The molecule has 1 aromatic heterocycles. The number of hydrogen-bond acceptors (Lipinski definition) is 8. The van der Waals surface area contributed by atoms with Gasteiger partial charge in [-0.2, -0.15) is 5.26 Å². The molecule has 0 aliphatic rings. The van der Waals surface area contributed by atoms with Crippen LogP contribution in [0.3, 0.4) is 0 Å². The Morgan fingerprint density at radius 3 is 2.45 bits per heavy atom. The van der Waals surface area contributed by atoms with Crippen LogP contribution in [0.1, 0.15) is 16.7 Å². The fourth-order valence-electron chi connectivity index (χ4n) is 3.34. The quantitative estimate of drug-likeness (QED) is 0.186. The molecule has 0 saturated heterocycles. The van der Waals surface area contributed by atoms with E-state index in [0.717, 1.165) is 17.3 Å². The number of halogens is 1. The number of benzene rings is 3. The molecule has 3 aromatic carbocycles. The topological polar surface area (TPSA) is 130 Å². The van der Waals surface area contributed by atoms with Crippen molar-refractivity contribution < 1.29 is 24.1 Å². The number of carboxylic acids is 1. The van der Waals surface area contributed by atoms with Crippen molar-refractivity contribution in [1.29, 1.82) is 5.26 Å². The highest BCUT2D eigenvalue weighted by atomic mass is 35.5. The molecule has 1 heterocycles. The average Bonchev–Trinajstić information content (AvgIpc) is 3.41. The highest BCUT2D eigenvalue weighted by Gasteiger charge is 2.17. The molecule has 4 aromatic rings. The molecule has 192 valence electrons. The second-order valence-electron chi connectivity index (χ2n) is 7.76. The molecule has 0 amide bonds. The van der Waals surface area contributed by atoms with Crippen LogP contribution >= 0.6 is 23.4 Å². The number of aliphatic carboxylic acids is 1. The first kappa shape index (κ1) is 26.6. The number of aromatic nitrogens is 3. The fourth-order valence-corrected chi connectivity index (χ4v) is 4.22. The van der Waals surface area contributed by atoms with Crippen LogP contribution in [0.25, 0.3) is 17.5 Å². The first-order chi connectivity index (χ1) is 18.4. The number of ether oxygens (including phenoxy) is 3. The summed E-state index contributed by atoms with van der Waals surface area (Å²) in [5.41, 5.74) is 2.54. The van der Waals surface area contributed by atoms with Gasteiger partial charge in [-0.3, -0.25) is 5.10 Å². The maximum atomic E-state index is 12.1. The third-order valence-corrected chi connectivity index (χ3v) is 6.35. The van der Waals surface area contributed by atoms with E-state index < -0.39 is 5.97 Å². The van der Waals surface area contributed by atoms with Gasteiger partial charge in [0.1, 0.15) is 28.8 Å². The predicted molar refractivity (Wildman–Crippen MR) is 143 cm³/mol. The lowest BCUT2D eigenvalue weighted by Gasteiger charge is -2.11. The van der Waals surface area contributed by atoms with Crippen LogP contribution in [0.4, 0.5) is 0 Å². The molecule has 38 heavy (non-hydrogen) atoms. The number of carbonyl (C=O) groups is 1. The molecule has 0 aliphatic heterocycles. The minimum Gasteiger partial charge on any atom is -0.497 e. The minimum absolute atomic E-state index is 0.0377. The van der Waals surface area contributed by atoms with Crippen molar-refractivity contribution in [2.75, 3.05) is 14.2 Å². The lowest BCUT2D eigenvalue weighted by Crippen LogP contribution is -2.00. The maximum absolute atomic E-state index is 12.1. The molecule has 0 fully saturated rings. The summed E-state index contributed by atoms with van der Waals surface area (Å²) in [5, 5.41) is 26.5. The SMILES string of the molecule is COc1cc(OC)cc(-c2nc(S/C(=C\c3cc(Cl)ccc3OCc3ccc(C#N)cc3)C(=O)O)n[nH]2)c1. The Labute approximate surface area is 227 Å². The molecule has 0 atom stereocenters. The number of rotatable bonds is 10. The summed E-state index contributed by atoms with van der Waals surface area (Å²) in [5.74, 6) is 0.847. The summed E-state index contributed by atoms with van der Waals surface area (Å²) in [6.07, 6.45) is 1.46. The second kappa shape index (κ2) is 12.2. The van der Waals surface area contributed by atoms with Crippen molar-refractivity contribution in [3.63, 3.8) is 0 Å². The van der Waals surface area contributed by atoms with Gasteiger partial charge in [-0.15, -0.1) is 5.10 Å². The Kier molecular flexibility index (Phi) is 8.53. The summed E-state index contributed by atoms with van der Waals surface area (Å²) in [4.78, 5) is 16.5. The predicted octanol–water partition coefficient (Wildman–Crippen LogP) is 5.81. The molecule has 0 bridgehead atoms. The minimum atomic E-state index is -1.16. The molecular weight excluding hydrogens is 528 g/mol. The fraction of sp³-hybridized carbons (Fsp3) is 0.111. The van der Waals surface area contributed by atoms with Crippen molar-refractivity contribution in [2.45, 2.75) is 11.8 Å². The summed E-state index contributed by atoms with van der Waals surface area (Å²) in [6, 6.07) is 19.3. The number of carboxylic acid groups (broad SMARTS) is 1. The molecule has 0 unspecified atom stereocenters. The number of hydrogen-bond donors (Lipinski definition) is 2. The Bertz CT molecular complexity index is 1510. The number of nitrogens with one attached hydrogen (secondary N) is 1. The van der Waals surface area contributed by atoms with Crippen molar-refractivity contribution in [3.8, 4) is 34.7 Å². The van der Waals surface area contributed by atoms with Gasteiger partial charge in [0.2, 0.25) is 5.16 Å². The lowest BCUT2D eigenvalue weighted by molar-refractivity contribution is -0.131. The highest BCUT2D eigenvalue weighted by molar-refractivity contribution is 8.04. The van der Waals surface area contributed by atoms with E-state index in [1.807, 2.05) is 0 Å². The Morgan fingerprint density at radius 1 is 1.11 bits per heavy atom. The molecule has 2 N–H and O–H groups in total. The van der Waals surface area contributed by atoms with E-state index in [1.54, 1.807) is 74.9 Å². The van der Waals surface area contributed by atoms with Gasteiger partial charge in [0.25, 0.3) is 0 Å². The monoisotopic (exact) mass is 548 g/mol. The van der Waals surface area contributed by atoms with Crippen molar-refractivity contribution in [2.24, 2.45) is 0 Å². The zero-order valence-corrected chi connectivity index (χ0v) is 21.8. The van der Waals surface area contributed by atoms with Gasteiger partial charge >= 0.3 is 5.97 Å². The maximum Gasteiger partial charge on any atom is 0.342 e. The van der Waals surface area contributed by atoms with E-state index in [2.05, 4.69) is 21.3 Å². The molecule has 0 aliphatic carbocycles. The van der Waals surface area contributed by atoms with Crippen molar-refractivity contribution in [3.05, 3.63) is 87.3 Å². The van der Waals surface area contributed by atoms with Crippen molar-refractivity contribution in [1.82, 2.24) is 15.2 Å². The summed E-state index contributed by atoms with van der Waals surface area (Å²) in [7, 11) is 3.09. The molecule has 9 nitrogen and oxygen atoms in total. The average molecular weight is 549 g/mol. The molecule has 0 spiro atoms. The van der Waals surface area contributed by atoms with Gasteiger partial charge in [0, 0.05) is 22.2 Å². The Balaban J connectivity index is 1.57. The first-order valence-corrected chi connectivity index (χ1v) is 12.3. The van der Waals surface area contributed by atoms with Gasteiger partial charge in [0.05, 0.1) is 25.9 Å². The number of nitrogens with zero attached hydrogens (tertiary/aromatic N) is 3. The number of methoxy groups -OCH3 is 2. The van der Waals surface area contributed by atoms with Crippen LogP contribution in [0, 0.1) is 11.3 Å². The largest absolute Gasteiger partial charge is 0.497 e. The second-order valence-corrected chi connectivity index (χ2v) is 9.21. The van der Waals surface area contributed by atoms with Crippen LogP contribution in [0.5, 0.6) is 17.2 Å². The zero-order chi connectivity index (χ0) is 27.1. The molecule has 4 rings (SSSR count). The number of H-pyrrole nitrogens is 1. The smallest absolute Gasteiger partial charge is 0.342 e. The molecule has 11 heteroatoms. The standard InChI is InChI=1S/C27H21ClN4O5S/c1-35-21-10-19(11-22(13-21)36-2)25-30-27(32-31-25)38-24(26(33)34)12-18-9-20(28)7-8-23(18)37-15-17-5-3-16(14-29)4-6-17/h3-13H,15H2,1-2H3,(H,33,34)(H,30,31,32)/b24-12-. The van der Waals surface area contributed by atoms with Crippen LogP contribution in [0.2, 0.25) is 5.02 Å². The van der Waals surface area contributed by atoms with Crippen molar-refractivity contribution >= 4 is 35.4 Å². The third kappa shape index (κ3) is 6.64. The van der Waals surface area contributed by atoms with Crippen LogP contribution in [-0.2, 0) is 11.4 Å². The first-order valence-electron chi connectivity index (χ1n) is 11.1. The van der Waals surface area contributed by atoms with E-state index in [-0.39, 0.29) is 16.7 Å². The molecular formula is C27H21ClN4O5S. The third-order valence-electron chi connectivity index (χ3n) is 5.24. The number of nitriles is 1. The lowest BCUT2D eigenvalue weighted by atomic mass is 10.1. The van der Waals surface area contributed by atoms with Crippen LogP contribution in [0.15, 0.2) is 70.7 Å². The number of thioether (sulfide) groups is 1. The van der Waals surface area contributed by atoms with Gasteiger partial charge in [-0.1, -0.05) is 23.7 Å². The highest BCUT2D eigenvalue weighted by Crippen LogP contribution is 2.33. The van der Waals surface area contributed by atoms with Crippen LogP contribution in [-0.4, -0.2) is 40.5 Å². The van der Waals surface area contributed by atoms with Crippen LogP contribution < -0.4 is 14.2 Å². The Morgan fingerprint density at radius 2 is 1.82 bits per heavy atom. The Hall–Kier alpha value is -4.46. The molecule has 0 saturated carbocycles.